The molecule has 1 heterocycles. The van der Waals surface area contributed by atoms with E-state index in [2.05, 4.69) is 11.0 Å². The van der Waals surface area contributed by atoms with Gasteiger partial charge in [0.05, 0.1) is 12.1 Å². The van der Waals surface area contributed by atoms with Crippen LogP contribution in [0.1, 0.15) is 26.2 Å². The van der Waals surface area contributed by atoms with E-state index in [9.17, 15) is 0 Å². The molecule has 0 aromatic heterocycles. The second-order valence-corrected chi connectivity index (χ2v) is 3.37. The van der Waals surface area contributed by atoms with E-state index in [1.54, 1.807) is 0 Å². The highest BCUT2D eigenvalue weighted by Gasteiger charge is 2.22. The molecule has 1 rings (SSSR count). The van der Waals surface area contributed by atoms with Gasteiger partial charge in [0.2, 0.25) is 0 Å². The molecule has 0 saturated carbocycles. The van der Waals surface area contributed by atoms with Crippen molar-refractivity contribution in [1.82, 2.24) is 4.90 Å². The number of likely N-dealkylation sites (tertiary alicyclic amines) is 1. The average molecular weight is 182 g/mol. The first-order valence-corrected chi connectivity index (χ1v) is 5.10. The van der Waals surface area contributed by atoms with Crippen molar-refractivity contribution in [2.75, 3.05) is 26.3 Å². The van der Waals surface area contributed by atoms with Crippen LogP contribution in [0.5, 0.6) is 0 Å². The van der Waals surface area contributed by atoms with Crippen LogP contribution in [0.4, 0.5) is 0 Å². The molecule has 13 heavy (non-hydrogen) atoms. The Morgan fingerprint density at radius 3 is 3.15 bits per heavy atom. The zero-order chi connectivity index (χ0) is 9.52. The summed E-state index contributed by atoms with van der Waals surface area (Å²) in [4.78, 5) is 2.26. The number of nitrogens with zero attached hydrogens (tertiary/aromatic N) is 2. The van der Waals surface area contributed by atoms with Gasteiger partial charge in [-0.3, -0.25) is 4.90 Å². The van der Waals surface area contributed by atoms with Gasteiger partial charge in [-0.15, -0.1) is 0 Å². The zero-order valence-corrected chi connectivity index (χ0v) is 8.33. The summed E-state index contributed by atoms with van der Waals surface area (Å²) in [5.74, 6) is 0. The smallest absolute Gasteiger partial charge is 0.0978 e. The largest absolute Gasteiger partial charge is 0.382 e. The van der Waals surface area contributed by atoms with Gasteiger partial charge >= 0.3 is 0 Å². The minimum Gasteiger partial charge on any atom is -0.382 e. The molecule has 1 atom stereocenters. The summed E-state index contributed by atoms with van der Waals surface area (Å²) in [5, 5.41) is 8.82. The van der Waals surface area contributed by atoms with E-state index in [0.717, 1.165) is 39.1 Å². The molecule has 3 nitrogen and oxygen atoms in total. The summed E-state index contributed by atoms with van der Waals surface area (Å²) < 4.78 is 5.25. The topological polar surface area (TPSA) is 36.3 Å². The van der Waals surface area contributed by atoms with Crippen molar-refractivity contribution in [3.8, 4) is 6.07 Å². The summed E-state index contributed by atoms with van der Waals surface area (Å²) in [7, 11) is 0. The SMILES string of the molecule is CCOCCCN1CCCC1C#N. The summed E-state index contributed by atoms with van der Waals surface area (Å²) in [5.41, 5.74) is 0. The normalized spacial score (nSPS) is 23.2. The van der Waals surface area contributed by atoms with Crippen LogP contribution in [0, 0.1) is 11.3 Å². The maximum absolute atomic E-state index is 8.82. The molecule has 74 valence electrons. The van der Waals surface area contributed by atoms with Crippen molar-refractivity contribution in [3.05, 3.63) is 0 Å². The van der Waals surface area contributed by atoms with Crippen LogP contribution < -0.4 is 0 Å². The maximum atomic E-state index is 8.82. The number of rotatable bonds is 5. The minimum absolute atomic E-state index is 0.168. The molecule has 1 aliphatic heterocycles. The Balaban J connectivity index is 2.10. The van der Waals surface area contributed by atoms with E-state index in [0.29, 0.717) is 0 Å². The number of hydrogen-bond donors (Lipinski definition) is 0. The highest BCUT2D eigenvalue weighted by Crippen LogP contribution is 2.16. The lowest BCUT2D eigenvalue weighted by atomic mass is 10.2. The standard InChI is InChI=1S/C10H18N2O/c1-2-13-8-4-7-12-6-3-5-10(12)9-11/h10H,2-8H2,1H3. The van der Waals surface area contributed by atoms with Crippen molar-refractivity contribution in [2.24, 2.45) is 0 Å². The lowest BCUT2D eigenvalue weighted by Gasteiger charge is -2.18. The molecule has 0 aliphatic carbocycles. The molecule has 0 radical (unpaired) electrons. The molecule has 0 spiro atoms. The fourth-order valence-corrected chi connectivity index (χ4v) is 1.75. The molecule has 1 fully saturated rings. The third kappa shape index (κ3) is 3.33. The van der Waals surface area contributed by atoms with Crippen LogP contribution in [0.25, 0.3) is 0 Å². The van der Waals surface area contributed by atoms with Crippen LogP contribution in [-0.2, 0) is 4.74 Å². The predicted octanol–water partition coefficient (Wildman–Crippen LogP) is 1.40. The van der Waals surface area contributed by atoms with Crippen LogP contribution in [0.2, 0.25) is 0 Å². The zero-order valence-electron chi connectivity index (χ0n) is 8.33. The number of nitriles is 1. The van der Waals surface area contributed by atoms with E-state index < -0.39 is 0 Å². The first-order chi connectivity index (χ1) is 6.38. The second-order valence-electron chi connectivity index (χ2n) is 3.37. The van der Waals surface area contributed by atoms with Crippen LogP contribution in [-0.4, -0.2) is 37.2 Å². The van der Waals surface area contributed by atoms with Crippen molar-refractivity contribution >= 4 is 0 Å². The molecule has 3 heteroatoms. The van der Waals surface area contributed by atoms with E-state index in [1.807, 2.05) is 6.92 Å². The molecule has 0 aromatic rings. The Kier molecular flexibility index (Phi) is 4.81. The first kappa shape index (κ1) is 10.5. The van der Waals surface area contributed by atoms with E-state index in [1.165, 1.54) is 6.42 Å². The monoisotopic (exact) mass is 182 g/mol. The van der Waals surface area contributed by atoms with E-state index in [4.69, 9.17) is 10.00 Å². The quantitative estimate of drug-likeness (QED) is 0.603. The molecule has 0 aromatic carbocycles. The Bertz CT molecular complexity index is 176. The molecule has 0 amide bonds. The first-order valence-electron chi connectivity index (χ1n) is 5.10. The Labute approximate surface area is 80.3 Å². The van der Waals surface area contributed by atoms with Crippen LogP contribution >= 0.6 is 0 Å². The van der Waals surface area contributed by atoms with Crippen LogP contribution in [0.15, 0.2) is 0 Å². The molecule has 1 saturated heterocycles. The lowest BCUT2D eigenvalue weighted by Crippen LogP contribution is -2.29. The van der Waals surface area contributed by atoms with Crippen molar-refractivity contribution in [3.63, 3.8) is 0 Å². The van der Waals surface area contributed by atoms with Gasteiger partial charge in [-0.05, 0) is 32.7 Å². The molecular formula is C10H18N2O. The van der Waals surface area contributed by atoms with Crippen molar-refractivity contribution in [2.45, 2.75) is 32.2 Å². The van der Waals surface area contributed by atoms with E-state index >= 15 is 0 Å². The highest BCUT2D eigenvalue weighted by atomic mass is 16.5. The van der Waals surface area contributed by atoms with Crippen molar-refractivity contribution < 1.29 is 4.74 Å². The molecule has 0 N–H and O–H groups in total. The van der Waals surface area contributed by atoms with Gasteiger partial charge < -0.3 is 4.74 Å². The average Bonchev–Trinajstić information content (AvgIpc) is 2.60. The van der Waals surface area contributed by atoms with Crippen LogP contribution in [0.3, 0.4) is 0 Å². The number of ether oxygens (including phenoxy) is 1. The highest BCUT2D eigenvalue weighted by molar-refractivity contribution is 4.95. The van der Waals surface area contributed by atoms with E-state index in [-0.39, 0.29) is 6.04 Å². The fraction of sp³-hybridized carbons (Fsp3) is 0.900. The maximum Gasteiger partial charge on any atom is 0.0978 e. The third-order valence-corrected chi connectivity index (χ3v) is 2.45. The number of hydrogen-bond acceptors (Lipinski definition) is 3. The summed E-state index contributed by atoms with van der Waals surface area (Å²) >= 11 is 0. The van der Waals surface area contributed by atoms with Gasteiger partial charge in [-0.1, -0.05) is 0 Å². The second kappa shape index (κ2) is 5.95. The van der Waals surface area contributed by atoms with Gasteiger partial charge in [-0.25, -0.2) is 0 Å². The Morgan fingerprint density at radius 1 is 1.62 bits per heavy atom. The Hall–Kier alpha value is -0.590. The summed E-state index contributed by atoms with van der Waals surface area (Å²) in [6.45, 7) is 5.73. The van der Waals surface area contributed by atoms with Gasteiger partial charge in [0.15, 0.2) is 0 Å². The molecule has 1 unspecified atom stereocenters. The molecule has 1 aliphatic rings. The summed E-state index contributed by atoms with van der Waals surface area (Å²) in [6, 6.07) is 2.51. The van der Waals surface area contributed by atoms with Gasteiger partial charge in [-0.2, -0.15) is 5.26 Å². The molecular weight excluding hydrogens is 164 g/mol. The fourth-order valence-electron chi connectivity index (χ4n) is 1.75. The van der Waals surface area contributed by atoms with Gasteiger partial charge in [0.25, 0.3) is 0 Å². The van der Waals surface area contributed by atoms with Crippen molar-refractivity contribution in [1.29, 1.82) is 5.26 Å². The molecule has 0 bridgehead atoms. The predicted molar refractivity (Wildman–Crippen MR) is 51.3 cm³/mol. The lowest BCUT2D eigenvalue weighted by molar-refractivity contribution is 0.133. The van der Waals surface area contributed by atoms with Gasteiger partial charge in [0, 0.05) is 19.8 Å². The summed E-state index contributed by atoms with van der Waals surface area (Å²) in [6.07, 6.45) is 3.27. The minimum atomic E-state index is 0.168. The van der Waals surface area contributed by atoms with Gasteiger partial charge in [0.1, 0.15) is 0 Å². The Morgan fingerprint density at radius 2 is 2.46 bits per heavy atom. The third-order valence-electron chi connectivity index (χ3n) is 2.45.